The Bertz CT molecular complexity index is 413. The molecule has 0 saturated carbocycles. The van der Waals surface area contributed by atoms with Crippen molar-refractivity contribution in [2.75, 3.05) is 6.61 Å². The average Bonchev–Trinajstić information content (AvgIpc) is 2.30. The van der Waals surface area contributed by atoms with E-state index in [1.165, 1.54) is 12.1 Å². The van der Waals surface area contributed by atoms with Crippen molar-refractivity contribution in [1.82, 2.24) is 0 Å². The summed E-state index contributed by atoms with van der Waals surface area (Å²) in [5.74, 6) is 0.400. The maximum atomic E-state index is 9.28. The SMILES string of the molecule is CC(C)O/N=C/CCCOc1c(Cl)cc(O)cc1Cl. The van der Waals surface area contributed by atoms with Gasteiger partial charge in [-0.1, -0.05) is 28.4 Å². The van der Waals surface area contributed by atoms with E-state index in [9.17, 15) is 5.11 Å². The Kier molecular flexibility index (Phi) is 6.81. The van der Waals surface area contributed by atoms with Gasteiger partial charge < -0.3 is 14.7 Å². The molecule has 0 aliphatic rings. The van der Waals surface area contributed by atoms with E-state index >= 15 is 0 Å². The first-order valence-corrected chi connectivity index (χ1v) is 6.74. The molecule has 0 aromatic heterocycles. The Balaban J connectivity index is 2.32. The Morgan fingerprint density at radius 3 is 2.53 bits per heavy atom. The van der Waals surface area contributed by atoms with E-state index in [-0.39, 0.29) is 11.9 Å². The van der Waals surface area contributed by atoms with Crippen molar-refractivity contribution >= 4 is 29.4 Å². The molecule has 0 fully saturated rings. The molecule has 0 atom stereocenters. The standard InChI is InChI=1S/C13H17Cl2NO3/c1-9(2)19-16-5-3-4-6-18-13-11(14)7-10(17)8-12(13)15/h5,7-9,17H,3-4,6H2,1-2H3/b16-5+. The number of oxime groups is 1. The molecule has 0 aliphatic carbocycles. The molecule has 19 heavy (non-hydrogen) atoms. The molecule has 0 saturated heterocycles. The molecule has 0 amide bonds. The lowest BCUT2D eigenvalue weighted by Gasteiger charge is -2.09. The third-order valence-electron chi connectivity index (χ3n) is 2.05. The minimum absolute atomic E-state index is 0.0142. The van der Waals surface area contributed by atoms with Crippen LogP contribution in [0.2, 0.25) is 10.0 Å². The molecular weight excluding hydrogens is 289 g/mol. The summed E-state index contributed by atoms with van der Waals surface area (Å²) in [6.07, 6.45) is 3.28. The van der Waals surface area contributed by atoms with Gasteiger partial charge in [-0.3, -0.25) is 0 Å². The van der Waals surface area contributed by atoms with Crippen LogP contribution in [0.25, 0.3) is 0 Å². The number of phenolic OH excluding ortho intramolecular Hbond substituents is 1. The van der Waals surface area contributed by atoms with Gasteiger partial charge in [-0.25, -0.2) is 0 Å². The lowest BCUT2D eigenvalue weighted by Crippen LogP contribution is -2.00. The minimum atomic E-state index is 0.0142. The van der Waals surface area contributed by atoms with E-state index in [2.05, 4.69) is 5.16 Å². The Morgan fingerprint density at radius 2 is 1.95 bits per heavy atom. The van der Waals surface area contributed by atoms with Gasteiger partial charge in [0.15, 0.2) is 5.75 Å². The van der Waals surface area contributed by atoms with Crippen LogP contribution in [-0.2, 0) is 4.84 Å². The largest absolute Gasteiger partial charge is 0.508 e. The number of hydrogen-bond acceptors (Lipinski definition) is 4. The number of hydrogen-bond donors (Lipinski definition) is 1. The lowest BCUT2D eigenvalue weighted by molar-refractivity contribution is 0.0867. The van der Waals surface area contributed by atoms with E-state index < -0.39 is 0 Å². The minimum Gasteiger partial charge on any atom is -0.508 e. The van der Waals surface area contributed by atoms with Gasteiger partial charge in [0.05, 0.1) is 16.7 Å². The smallest absolute Gasteiger partial charge is 0.156 e. The first kappa shape index (κ1) is 15.9. The van der Waals surface area contributed by atoms with Gasteiger partial charge in [-0.2, -0.15) is 0 Å². The summed E-state index contributed by atoms with van der Waals surface area (Å²) < 4.78 is 5.47. The first-order chi connectivity index (χ1) is 9.00. The van der Waals surface area contributed by atoms with E-state index in [1.807, 2.05) is 13.8 Å². The number of phenols is 1. The fourth-order valence-corrected chi connectivity index (χ4v) is 1.84. The molecular formula is C13H17Cl2NO3. The predicted molar refractivity (Wildman–Crippen MR) is 77.6 cm³/mol. The molecule has 6 heteroatoms. The quantitative estimate of drug-likeness (QED) is 0.465. The fraction of sp³-hybridized carbons (Fsp3) is 0.462. The van der Waals surface area contributed by atoms with Crippen molar-refractivity contribution in [3.8, 4) is 11.5 Å². The van der Waals surface area contributed by atoms with Gasteiger partial charge in [0.2, 0.25) is 0 Å². The number of nitrogens with zero attached hydrogens (tertiary/aromatic N) is 1. The second-order valence-corrected chi connectivity index (χ2v) is 4.99. The average molecular weight is 306 g/mol. The van der Waals surface area contributed by atoms with Gasteiger partial charge in [0.25, 0.3) is 0 Å². The van der Waals surface area contributed by atoms with E-state index in [0.29, 0.717) is 22.4 Å². The number of halogens is 2. The highest BCUT2D eigenvalue weighted by atomic mass is 35.5. The predicted octanol–water partition coefficient (Wildman–Crippen LogP) is 4.27. The number of rotatable bonds is 7. The van der Waals surface area contributed by atoms with E-state index in [4.69, 9.17) is 32.8 Å². The number of unbranched alkanes of at least 4 members (excludes halogenated alkanes) is 1. The summed E-state index contributed by atoms with van der Waals surface area (Å²) in [4.78, 5) is 5.02. The maximum absolute atomic E-state index is 9.28. The molecule has 106 valence electrons. The summed E-state index contributed by atoms with van der Waals surface area (Å²) in [5.41, 5.74) is 0. The van der Waals surface area contributed by atoms with E-state index in [1.54, 1.807) is 6.21 Å². The molecule has 0 heterocycles. The summed E-state index contributed by atoms with van der Waals surface area (Å²) >= 11 is 11.8. The van der Waals surface area contributed by atoms with Gasteiger partial charge in [0.1, 0.15) is 11.9 Å². The maximum Gasteiger partial charge on any atom is 0.156 e. The van der Waals surface area contributed by atoms with Crippen molar-refractivity contribution in [2.45, 2.75) is 32.8 Å². The van der Waals surface area contributed by atoms with Gasteiger partial charge in [-0.05, 0) is 26.7 Å². The molecule has 0 radical (unpaired) electrons. The normalized spacial score (nSPS) is 11.2. The molecule has 0 bridgehead atoms. The van der Waals surface area contributed by atoms with Crippen molar-refractivity contribution in [3.05, 3.63) is 22.2 Å². The highest BCUT2D eigenvalue weighted by Crippen LogP contribution is 2.36. The molecule has 4 nitrogen and oxygen atoms in total. The van der Waals surface area contributed by atoms with Crippen molar-refractivity contribution < 1.29 is 14.7 Å². The number of ether oxygens (including phenoxy) is 1. The van der Waals surface area contributed by atoms with E-state index in [0.717, 1.165) is 12.8 Å². The summed E-state index contributed by atoms with van der Waals surface area (Å²) in [7, 11) is 0. The second kappa shape index (κ2) is 8.12. The van der Waals surface area contributed by atoms with Crippen LogP contribution in [-0.4, -0.2) is 24.0 Å². The lowest BCUT2D eigenvalue weighted by atomic mass is 10.3. The van der Waals surface area contributed by atoms with Crippen molar-refractivity contribution in [2.24, 2.45) is 5.16 Å². The van der Waals surface area contributed by atoms with Crippen LogP contribution in [0.3, 0.4) is 0 Å². The van der Waals surface area contributed by atoms with Crippen LogP contribution in [0.15, 0.2) is 17.3 Å². The zero-order chi connectivity index (χ0) is 14.3. The molecule has 0 unspecified atom stereocenters. The fourth-order valence-electron chi connectivity index (χ4n) is 1.25. The molecule has 0 spiro atoms. The number of benzene rings is 1. The van der Waals surface area contributed by atoms with Crippen LogP contribution in [0.5, 0.6) is 11.5 Å². The third-order valence-corrected chi connectivity index (χ3v) is 2.61. The van der Waals surface area contributed by atoms with Gasteiger partial charge in [0, 0.05) is 18.3 Å². The highest BCUT2D eigenvalue weighted by Gasteiger charge is 2.08. The Morgan fingerprint density at radius 1 is 1.32 bits per heavy atom. The molecule has 1 rings (SSSR count). The highest BCUT2D eigenvalue weighted by molar-refractivity contribution is 6.37. The zero-order valence-corrected chi connectivity index (χ0v) is 12.4. The zero-order valence-electron chi connectivity index (χ0n) is 10.9. The monoisotopic (exact) mass is 305 g/mol. The summed E-state index contributed by atoms with van der Waals surface area (Å²) in [6.45, 7) is 4.28. The van der Waals surface area contributed by atoms with Crippen LogP contribution in [0.1, 0.15) is 26.7 Å². The Hall–Kier alpha value is -1.13. The molecule has 1 N–H and O–H groups in total. The molecule has 0 aliphatic heterocycles. The molecule has 1 aromatic rings. The number of aromatic hydroxyl groups is 1. The van der Waals surface area contributed by atoms with Crippen LogP contribution in [0.4, 0.5) is 0 Å². The van der Waals surface area contributed by atoms with Gasteiger partial charge in [-0.15, -0.1) is 0 Å². The summed E-state index contributed by atoms with van der Waals surface area (Å²) in [6, 6.07) is 2.78. The topological polar surface area (TPSA) is 51.0 Å². The van der Waals surface area contributed by atoms with Crippen LogP contribution >= 0.6 is 23.2 Å². The molecule has 1 aromatic carbocycles. The van der Waals surface area contributed by atoms with Crippen LogP contribution < -0.4 is 4.74 Å². The van der Waals surface area contributed by atoms with Crippen LogP contribution in [0, 0.1) is 0 Å². The van der Waals surface area contributed by atoms with Crippen molar-refractivity contribution in [3.63, 3.8) is 0 Å². The summed E-state index contributed by atoms with van der Waals surface area (Å²) in [5, 5.41) is 13.7. The second-order valence-electron chi connectivity index (χ2n) is 4.17. The first-order valence-electron chi connectivity index (χ1n) is 5.99. The third kappa shape index (κ3) is 6.03. The Labute approximate surface area is 122 Å². The van der Waals surface area contributed by atoms with Crippen molar-refractivity contribution in [1.29, 1.82) is 0 Å². The van der Waals surface area contributed by atoms with Gasteiger partial charge >= 0.3 is 0 Å².